The fourth-order valence-corrected chi connectivity index (χ4v) is 3.82. The smallest absolute Gasteiger partial charge is 0.339 e. The minimum atomic E-state index is -0.973. The van der Waals surface area contributed by atoms with Gasteiger partial charge in [0.05, 0.1) is 7.11 Å². The van der Waals surface area contributed by atoms with Crippen LogP contribution >= 0.6 is 0 Å². The zero-order valence-electron chi connectivity index (χ0n) is 20.3. The van der Waals surface area contributed by atoms with Gasteiger partial charge in [-0.25, -0.2) is 4.79 Å². The predicted octanol–water partition coefficient (Wildman–Crippen LogP) is 5.13. The molecule has 2 atom stereocenters. The van der Waals surface area contributed by atoms with Gasteiger partial charge in [0.15, 0.2) is 6.10 Å². The van der Waals surface area contributed by atoms with Crippen molar-refractivity contribution >= 4 is 28.5 Å². The molecule has 7 heteroatoms. The Labute approximate surface area is 199 Å². The van der Waals surface area contributed by atoms with Gasteiger partial charge >= 0.3 is 11.6 Å². The van der Waals surface area contributed by atoms with Crippen LogP contribution < -0.4 is 15.7 Å². The maximum atomic E-state index is 12.6. The number of esters is 1. The third-order valence-electron chi connectivity index (χ3n) is 6.11. The summed E-state index contributed by atoms with van der Waals surface area (Å²) in [5, 5.41) is 3.64. The largest absolute Gasteiger partial charge is 0.497 e. The van der Waals surface area contributed by atoms with Crippen LogP contribution in [0.3, 0.4) is 0 Å². The van der Waals surface area contributed by atoms with E-state index in [0.717, 1.165) is 22.9 Å². The Kier molecular flexibility index (Phi) is 8.10. The summed E-state index contributed by atoms with van der Waals surface area (Å²) in [6, 6.07) is 12.9. The number of hydrogen-bond donors (Lipinski definition) is 1. The lowest BCUT2D eigenvalue weighted by Crippen LogP contribution is -2.30. The van der Waals surface area contributed by atoms with Gasteiger partial charge in [0.1, 0.15) is 11.3 Å². The van der Waals surface area contributed by atoms with E-state index in [9.17, 15) is 14.4 Å². The molecule has 3 aromatic rings. The van der Waals surface area contributed by atoms with Crippen molar-refractivity contribution in [3.8, 4) is 5.75 Å². The Morgan fingerprint density at radius 3 is 2.56 bits per heavy atom. The summed E-state index contributed by atoms with van der Waals surface area (Å²) in [6.07, 6.45) is 0.0702. The number of carbonyl (C=O) groups is 2. The SMILES string of the molecule is CCC(C)c1ccccc1NC(=O)C(C)OC(=O)CCc1c(C)c2ccc(OC)cc2oc1=O. The maximum absolute atomic E-state index is 12.6. The van der Waals surface area contributed by atoms with Gasteiger partial charge < -0.3 is 19.2 Å². The van der Waals surface area contributed by atoms with Crippen molar-refractivity contribution in [1.82, 2.24) is 0 Å². The summed E-state index contributed by atoms with van der Waals surface area (Å²) in [4.78, 5) is 37.5. The molecule has 0 bridgehead atoms. The lowest BCUT2D eigenvalue weighted by atomic mass is 9.97. The molecule has 0 spiro atoms. The third kappa shape index (κ3) is 5.65. The summed E-state index contributed by atoms with van der Waals surface area (Å²) in [7, 11) is 1.54. The number of rotatable bonds is 9. The standard InChI is InChI=1S/C27H31NO6/c1-6-16(2)20-9-7-8-10-23(20)28-26(30)18(4)33-25(29)14-13-22-17(3)21-12-11-19(32-5)15-24(21)34-27(22)31/h7-12,15-16,18H,6,13-14H2,1-5H3,(H,28,30). The molecule has 2 unspecified atom stereocenters. The van der Waals surface area contributed by atoms with Crippen LogP contribution in [0.5, 0.6) is 5.75 Å². The van der Waals surface area contributed by atoms with E-state index in [1.165, 1.54) is 14.0 Å². The van der Waals surface area contributed by atoms with Gasteiger partial charge in [-0.15, -0.1) is 0 Å². The summed E-state index contributed by atoms with van der Waals surface area (Å²) in [5.41, 5.74) is 2.83. The van der Waals surface area contributed by atoms with Gasteiger partial charge in [-0.05, 0) is 61.9 Å². The topological polar surface area (TPSA) is 94.8 Å². The van der Waals surface area contributed by atoms with Gasteiger partial charge in [0, 0.05) is 29.1 Å². The number of anilines is 1. The number of benzene rings is 2. The van der Waals surface area contributed by atoms with E-state index in [1.807, 2.05) is 37.3 Å². The number of methoxy groups -OCH3 is 1. The van der Waals surface area contributed by atoms with Crippen LogP contribution in [0, 0.1) is 6.92 Å². The van der Waals surface area contributed by atoms with Gasteiger partial charge in [0.25, 0.3) is 5.91 Å². The molecule has 0 fully saturated rings. The monoisotopic (exact) mass is 465 g/mol. The van der Waals surface area contributed by atoms with Crippen molar-refractivity contribution in [1.29, 1.82) is 0 Å². The Morgan fingerprint density at radius 2 is 1.85 bits per heavy atom. The molecule has 0 aliphatic carbocycles. The highest BCUT2D eigenvalue weighted by atomic mass is 16.5. The zero-order chi connectivity index (χ0) is 24.8. The van der Waals surface area contributed by atoms with Crippen molar-refractivity contribution in [2.24, 2.45) is 0 Å². The first-order chi connectivity index (χ1) is 16.2. The molecule has 1 amide bonds. The number of fused-ring (bicyclic) bond motifs is 1. The first-order valence-corrected chi connectivity index (χ1v) is 11.4. The fraction of sp³-hybridized carbons (Fsp3) is 0.370. The number of ether oxygens (including phenoxy) is 2. The lowest BCUT2D eigenvalue weighted by molar-refractivity contribution is -0.153. The summed E-state index contributed by atoms with van der Waals surface area (Å²) >= 11 is 0. The fourth-order valence-electron chi connectivity index (χ4n) is 3.82. The van der Waals surface area contributed by atoms with Crippen molar-refractivity contribution in [3.63, 3.8) is 0 Å². The van der Waals surface area contributed by atoms with Crippen molar-refractivity contribution in [2.75, 3.05) is 12.4 Å². The number of para-hydroxylation sites is 1. The molecule has 0 saturated heterocycles. The molecule has 0 aliphatic rings. The van der Waals surface area contributed by atoms with Crippen LogP contribution in [-0.2, 0) is 20.7 Å². The number of carbonyl (C=O) groups excluding carboxylic acids is 2. The molecule has 0 radical (unpaired) electrons. The summed E-state index contributed by atoms with van der Waals surface area (Å²) in [5.74, 6) is -0.0938. The zero-order valence-corrected chi connectivity index (χ0v) is 20.3. The van der Waals surface area contributed by atoms with E-state index in [1.54, 1.807) is 12.1 Å². The highest BCUT2D eigenvalue weighted by molar-refractivity contribution is 5.95. The van der Waals surface area contributed by atoms with Crippen molar-refractivity contribution < 1.29 is 23.5 Å². The van der Waals surface area contributed by atoms with Crippen molar-refractivity contribution in [3.05, 3.63) is 69.6 Å². The second kappa shape index (κ2) is 11.0. The highest BCUT2D eigenvalue weighted by Gasteiger charge is 2.21. The Bertz CT molecular complexity index is 1250. The highest BCUT2D eigenvalue weighted by Crippen LogP contribution is 2.27. The molecule has 0 saturated carbocycles. The first kappa shape index (κ1) is 25.0. The van der Waals surface area contributed by atoms with Crippen LogP contribution in [0.2, 0.25) is 0 Å². The van der Waals surface area contributed by atoms with E-state index in [0.29, 0.717) is 22.6 Å². The Balaban J connectivity index is 1.63. The predicted molar refractivity (Wildman–Crippen MR) is 131 cm³/mol. The molecule has 0 aliphatic heterocycles. The lowest BCUT2D eigenvalue weighted by Gasteiger charge is -2.18. The molecule has 2 aromatic carbocycles. The molecule has 34 heavy (non-hydrogen) atoms. The molecule has 1 aromatic heterocycles. The van der Waals surface area contributed by atoms with Crippen LogP contribution in [-0.4, -0.2) is 25.1 Å². The van der Waals surface area contributed by atoms with E-state index < -0.39 is 23.6 Å². The minimum absolute atomic E-state index is 0.0473. The number of nitrogens with one attached hydrogen (secondary N) is 1. The van der Waals surface area contributed by atoms with Gasteiger partial charge in [0.2, 0.25) is 0 Å². The van der Waals surface area contributed by atoms with Gasteiger partial charge in [-0.2, -0.15) is 0 Å². The number of amides is 1. The average Bonchev–Trinajstić information content (AvgIpc) is 2.83. The molecular weight excluding hydrogens is 434 g/mol. The number of aryl methyl sites for hydroxylation is 1. The second-order valence-electron chi connectivity index (χ2n) is 8.37. The molecule has 3 rings (SSSR count). The van der Waals surface area contributed by atoms with E-state index in [4.69, 9.17) is 13.9 Å². The van der Waals surface area contributed by atoms with E-state index in [-0.39, 0.29) is 18.8 Å². The molecule has 1 heterocycles. The van der Waals surface area contributed by atoms with Crippen LogP contribution in [0.15, 0.2) is 51.7 Å². The molecule has 7 nitrogen and oxygen atoms in total. The molecular formula is C27H31NO6. The normalized spacial score (nSPS) is 12.7. The van der Waals surface area contributed by atoms with Crippen LogP contribution in [0.1, 0.15) is 56.2 Å². The van der Waals surface area contributed by atoms with Crippen LogP contribution in [0.25, 0.3) is 11.0 Å². The minimum Gasteiger partial charge on any atom is -0.497 e. The third-order valence-corrected chi connectivity index (χ3v) is 6.11. The van der Waals surface area contributed by atoms with Crippen molar-refractivity contribution in [2.45, 2.75) is 59.0 Å². The summed E-state index contributed by atoms with van der Waals surface area (Å²) in [6.45, 7) is 7.53. The van der Waals surface area contributed by atoms with Gasteiger partial charge in [-0.1, -0.05) is 32.0 Å². The summed E-state index contributed by atoms with van der Waals surface area (Å²) < 4.78 is 15.9. The first-order valence-electron chi connectivity index (χ1n) is 11.4. The van der Waals surface area contributed by atoms with E-state index in [2.05, 4.69) is 19.2 Å². The number of hydrogen-bond acceptors (Lipinski definition) is 6. The second-order valence-corrected chi connectivity index (χ2v) is 8.37. The maximum Gasteiger partial charge on any atom is 0.339 e. The molecule has 180 valence electrons. The van der Waals surface area contributed by atoms with Crippen LogP contribution in [0.4, 0.5) is 5.69 Å². The molecule has 1 N–H and O–H groups in total. The van der Waals surface area contributed by atoms with Gasteiger partial charge in [-0.3, -0.25) is 9.59 Å². The average molecular weight is 466 g/mol. The Morgan fingerprint density at radius 1 is 1.12 bits per heavy atom. The Hall–Kier alpha value is -3.61. The van der Waals surface area contributed by atoms with E-state index >= 15 is 0 Å². The quantitative estimate of drug-likeness (QED) is 0.348.